The molecule has 0 saturated heterocycles. The molecule has 0 spiro atoms. The summed E-state index contributed by atoms with van der Waals surface area (Å²) in [5, 5.41) is 14.0. The van der Waals surface area contributed by atoms with Gasteiger partial charge in [-0.15, -0.1) is 0 Å². The fourth-order valence-electron chi connectivity index (χ4n) is 2.63. The third-order valence-electron chi connectivity index (χ3n) is 3.97. The highest BCUT2D eigenvalue weighted by Gasteiger charge is 2.16. The van der Waals surface area contributed by atoms with Crippen molar-refractivity contribution in [3.63, 3.8) is 0 Å². The lowest BCUT2D eigenvalue weighted by molar-refractivity contribution is 0.682. The van der Waals surface area contributed by atoms with Crippen molar-refractivity contribution in [2.45, 2.75) is 19.9 Å². The minimum absolute atomic E-state index is 0.432. The molecule has 3 aromatic rings. The number of hydrogen-bond acceptors (Lipinski definition) is 3. The van der Waals surface area contributed by atoms with Crippen LogP contribution in [0.15, 0.2) is 54.6 Å². The minimum Gasteiger partial charge on any atom is -0.383 e. The van der Waals surface area contributed by atoms with Gasteiger partial charge in [-0.3, -0.25) is 0 Å². The lowest BCUT2D eigenvalue weighted by Crippen LogP contribution is -2.07. The van der Waals surface area contributed by atoms with Crippen LogP contribution in [0.3, 0.4) is 0 Å². The smallest absolute Gasteiger partial charge is 0.140 e. The van der Waals surface area contributed by atoms with E-state index in [1.807, 2.05) is 42.5 Å². The minimum atomic E-state index is 0.432. The van der Waals surface area contributed by atoms with Crippen molar-refractivity contribution in [1.82, 2.24) is 9.78 Å². The number of nitrogens with two attached hydrogens (primary N) is 1. The first-order chi connectivity index (χ1) is 11.2. The fraction of sp³-hybridized carbons (Fsp3) is 0.158. The molecule has 2 aromatic carbocycles. The Labute approximate surface area is 135 Å². The number of benzene rings is 2. The van der Waals surface area contributed by atoms with E-state index in [4.69, 9.17) is 5.73 Å². The third kappa shape index (κ3) is 3.09. The maximum absolute atomic E-state index is 9.43. The van der Waals surface area contributed by atoms with Gasteiger partial charge in [-0.25, -0.2) is 4.68 Å². The van der Waals surface area contributed by atoms with E-state index < -0.39 is 0 Å². The van der Waals surface area contributed by atoms with Gasteiger partial charge in [0.2, 0.25) is 0 Å². The van der Waals surface area contributed by atoms with Crippen molar-refractivity contribution in [2.75, 3.05) is 5.73 Å². The Balaban J connectivity index is 1.94. The molecule has 4 heteroatoms. The van der Waals surface area contributed by atoms with Gasteiger partial charge in [0.15, 0.2) is 0 Å². The maximum atomic E-state index is 9.43. The van der Waals surface area contributed by atoms with Gasteiger partial charge >= 0.3 is 0 Å². The number of nitriles is 1. The molecule has 23 heavy (non-hydrogen) atoms. The summed E-state index contributed by atoms with van der Waals surface area (Å²) in [7, 11) is 0. The molecular weight excluding hydrogens is 284 g/mol. The van der Waals surface area contributed by atoms with Crippen LogP contribution in [0.4, 0.5) is 5.82 Å². The van der Waals surface area contributed by atoms with Crippen LogP contribution in [0.1, 0.15) is 27.9 Å². The molecule has 0 radical (unpaired) electrons. The largest absolute Gasteiger partial charge is 0.383 e. The highest BCUT2D eigenvalue weighted by atomic mass is 15.3. The summed E-state index contributed by atoms with van der Waals surface area (Å²) in [5.74, 6) is 0.432. The van der Waals surface area contributed by atoms with Crippen LogP contribution >= 0.6 is 0 Å². The van der Waals surface area contributed by atoms with E-state index >= 15 is 0 Å². The SMILES string of the molecule is Cc1ccccc1Cn1nc(Cc2ccccc2)c(C#N)c1N. The monoisotopic (exact) mass is 302 g/mol. The number of nitrogen functional groups attached to an aromatic ring is 1. The summed E-state index contributed by atoms with van der Waals surface area (Å²) in [6, 6.07) is 20.3. The number of aromatic nitrogens is 2. The molecule has 0 fully saturated rings. The van der Waals surface area contributed by atoms with Gasteiger partial charge in [-0.1, -0.05) is 54.6 Å². The molecule has 3 rings (SSSR count). The van der Waals surface area contributed by atoms with E-state index in [0.29, 0.717) is 24.3 Å². The Bertz CT molecular complexity index is 857. The van der Waals surface area contributed by atoms with E-state index in [9.17, 15) is 5.26 Å². The van der Waals surface area contributed by atoms with Gasteiger partial charge in [-0.2, -0.15) is 10.4 Å². The van der Waals surface area contributed by atoms with Crippen molar-refractivity contribution in [2.24, 2.45) is 0 Å². The Morgan fingerprint density at radius 2 is 1.78 bits per heavy atom. The van der Waals surface area contributed by atoms with Crippen molar-refractivity contribution in [3.8, 4) is 6.07 Å². The second-order valence-corrected chi connectivity index (χ2v) is 5.57. The van der Waals surface area contributed by atoms with Crippen LogP contribution in [-0.4, -0.2) is 9.78 Å². The maximum Gasteiger partial charge on any atom is 0.140 e. The van der Waals surface area contributed by atoms with E-state index in [2.05, 4.69) is 30.2 Å². The highest BCUT2D eigenvalue weighted by Crippen LogP contribution is 2.21. The average Bonchev–Trinajstić information content (AvgIpc) is 2.85. The highest BCUT2D eigenvalue weighted by molar-refractivity contribution is 5.53. The molecule has 0 amide bonds. The van der Waals surface area contributed by atoms with Gasteiger partial charge in [0.1, 0.15) is 17.5 Å². The molecule has 0 saturated carbocycles. The molecule has 0 aliphatic heterocycles. The topological polar surface area (TPSA) is 67.6 Å². The predicted octanol–water partition coefficient (Wildman–Crippen LogP) is 3.28. The number of hydrogen-bond donors (Lipinski definition) is 1. The van der Waals surface area contributed by atoms with Crippen LogP contribution in [0.25, 0.3) is 0 Å². The zero-order valence-electron chi connectivity index (χ0n) is 13.0. The van der Waals surface area contributed by atoms with Crippen molar-refractivity contribution < 1.29 is 0 Å². The van der Waals surface area contributed by atoms with Crippen molar-refractivity contribution in [3.05, 3.63) is 82.5 Å². The van der Waals surface area contributed by atoms with E-state index in [0.717, 1.165) is 16.8 Å². The lowest BCUT2D eigenvalue weighted by Gasteiger charge is -2.07. The van der Waals surface area contributed by atoms with Gasteiger partial charge in [0, 0.05) is 6.42 Å². The Morgan fingerprint density at radius 1 is 1.09 bits per heavy atom. The van der Waals surface area contributed by atoms with Crippen LogP contribution in [0.2, 0.25) is 0 Å². The molecule has 2 N–H and O–H groups in total. The summed E-state index contributed by atoms with van der Waals surface area (Å²) in [5.41, 5.74) is 10.8. The Morgan fingerprint density at radius 3 is 2.48 bits per heavy atom. The molecule has 0 bridgehead atoms. The van der Waals surface area contributed by atoms with Crippen LogP contribution < -0.4 is 5.73 Å². The Hall–Kier alpha value is -3.06. The zero-order chi connectivity index (χ0) is 16.2. The zero-order valence-corrected chi connectivity index (χ0v) is 13.0. The molecule has 4 nitrogen and oxygen atoms in total. The van der Waals surface area contributed by atoms with Gasteiger partial charge in [-0.05, 0) is 23.6 Å². The predicted molar refractivity (Wildman–Crippen MR) is 90.9 cm³/mol. The molecular formula is C19H18N4. The van der Waals surface area contributed by atoms with Crippen LogP contribution in [0, 0.1) is 18.3 Å². The fourth-order valence-corrected chi connectivity index (χ4v) is 2.63. The number of anilines is 1. The molecule has 0 unspecified atom stereocenters. The number of rotatable bonds is 4. The van der Waals surface area contributed by atoms with Gasteiger partial charge in [0.05, 0.1) is 12.2 Å². The normalized spacial score (nSPS) is 10.4. The van der Waals surface area contributed by atoms with E-state index in [-0.39, 0.29) is 0 Å². The summed E-state index contributed by atoms with van der Waals surface area (Å²) in [6.45, 7) is 2.63. The Kier molecular flexibility index (Phi) is 4.11. The standard InChI is InChI=1S/C19H18N4/c1-14-7-5-6-10-16(14)13-23-19(21)17(12-20)18(22-23)11-15-8-3-2-4-9-15/h2-10H,11,13,21H2,1H3. The van der Waals surface area contributed by atoms with Gasteiger partial charge in [0.25, 0.3) is 0 Å². The molecule has 1 heterocycles. The van der Waals surface area contributed by atoms with Crippen molar-refractivity contribution >= 4 is 5.82 Å². The van der Waals surface area contributed by atoms with Crippen LogP contribution in [-0.2, 0) is 13.0 Å². The molecule has 0 aliphatic rings. The summed E-state index contributed by atoms with van der Waals surface area (Å²) in [4.78, 5) is 0. The summed E-state index contributed by atoms with van der Waals surface area (Å²) >= 11 is 0. The van der Waals surface area contributed by atoms with Gasteiger partial charge < -0.3 is 5.73 Å². The van der Waals surface area contributed by atoms with E-state index in [1.54, 1.807) is 4.68 Å². The quantitative estimate of drug-likeness (QED) is 0.804. The first kappa shape index (κ1) is 14.9. The second-order valence-electron chi connectivity index (χ2n) is 5.57. The summed E-state index contributed by atoms with van der Waals surface area (Å²) in [6.07, 6.45) is 0.606. The first-order valence-corrected chi connectivity index (χ1v) is 7.52. The molecule has 1 aromatic heterocycles. The second kappa shape index (κ2) is 6.37. The first-order valence-electron chi connectivity index (χ1n) is 7.52. The van der Waals surface area contributed by atoms with Crippen molar-refractivity contribution in [1.29, 1.82) is 5.26 Å². The summed E-state index contributed by atoms with van der Waals surface area (Å²) < 4.78 is 1.72. The molecule has 0 atom stereocenters. The van der Waals surface area contributed by atoms with Crippen LogP contribution in [0.5, 0.6) is 0 Å². The number of aryl methyl sites for hydroxylation is 1. The van der Waals surface area contributed by atoms with E-state index in [1.165, 1.54) is 5.56 Å². The molecule has 0 aliphatic carbocycles. The number of nitrogens with zero attached hydrogens (tertiary/aromatic N) is 3. The lowest BCUT2D eigenvalue weighted by atomic mass is 10.1. The third-order valence-corrected chi connectivity index (χ3v) is 3.97. The average molecular weight is 302 g/mol. The molecule has 114 valence electrons.